The van der Waals surface area contributed by atoms with Crippen molar-refractivity contribution in [3.63, 3.8) is 0 Å². The molecule has 3 fully saturated rings. The lowest BCUT2D eigenvalue weighted by Gasteiger charge is -2.45. The molecule has 3 N–H and O–H groups in total. The molecule has 2 aromatic carbocycles. The number of nitrogens with zero attached hydrogens (tertiary/aromatic N) is 3. The zero-order chi connectivity index (χ0) is 23.4. The van der Waals surface area contributed by atoms with Crippen LogP contribution in [0.25, 0.3) is 44.5 Å². The molecule has 0 aliphatic carbocycles. The molecule has 0 saturated carbocycles. The molecule has 3 aromatic heterocycles. The average molecular weight is 463 g/mol. The Morgan fingerprint density at radius 3 is 2.51 bits per heavy atom. The van der Waals surface area contributed by atoms with Crippen molar-refractivity contribution in [2.45, 2.75) is 18.9 Å². The number of pyridine rings is 2. The number of imidazole rings is 1. The highest BCUT2D eigenvalue weighted by Gasteiger charge is 2.35. The van der Waals surface area contributed by atoms with Crippen LogP contribution in [-0.4, -0.2) is 50.5 Å². The molecule has 174 valence electrons. The highest BCUT2D eigenvalue weighted by Crippen LogP contribution is 2.37. The number of piperidine rings is 3. The maximum absolute atomic E-state index is 13.5. The minimum absolute atomic E-state index is 0.142. The predicted octanol–water partition coefficient (Wildman–Crippen LogP) is 4.64. The third-order valence-electron chi connectivity index (χ3n) is 7.64. The molecule has 0 radical (unpaired) electrons. The van der Waals surface area contributed by atoms with Crippen LogP contribution in [0.5, 0.6) is 0 Å². The number of aromatic nitrogens is 4. The Bertz CT molecular complexity index is 1560. The van der Waals surface area contributed by atoms with Crippen molar-refractivity contribution < 1.29 is 0 Å². The summed E-state index contributed by atoms with van der Waals surface area (Å²) in [5.74, 6) is 1.20. The number of rotatable bonds is 4. The summed E-state index contributed by atoms with van der Waals surface area (Å²) in [6.07, 6.45) is 6.00. The lowest BCUT2D eigenvalue weighted by molar-refractivity contribution is 0.0976. The Morgan fingerprint density at radius 1 is 0.914 bits per heavy atom. The van der Waals surface area contributed by atoms with Crippen LogP contribution in [0.15, 0.2) is 71.8 Å². The van der Waals surface area contributed by atoms with Gasteiger partial charge in [0.2, 0.25) is 0 Å². The van der Waals surface area contributed by atoms with E-state index in [1.807, 2.05) is 48.5 Å². The van der Waals surface area contributed by atoms with Crippen LogP contribution < -0.4 is 10.9 Å². The standard InChI is InChI=1S/C28H26N6O/c35-28-25(27-31-22-3-1-2-4-23(22)32-27)26(30-24-16-34-13-9-18(24)10-14-34)20-15-19(5-6-21(20)33-28)17-7-11-29-12-8-17/h1-8,11-12,15,18,24H,9-10,13-14,16H2,(H,31,32)(H2,30,33,35)/t24-/m1/s1. The smallest absolute Gasteiger partial charge is 0.261 e. The molecule has 7 heteroatoms. The van der Waals surface area contributed by atoms with Crippen molar-refractivity contribution in [1.82, 2.24) is 24.8 Å². The first-order valence-corrected chi connectivity index (χ1v) is 12.3. The zero-order valence-electron chi connectivity index (χ0n) is 19.3. The Morgan fingerprint density at radius 2 is 1.74 bits per heavy atom. The van der Waals surface area contributed by atoms with Crippen molar-refractivity contribution >= 4 is 27.6 Å². The SMILES string of the molecule is O=c1[nH]c2ccc(-c3ccncc3)cc2c(N[C@@H]2CN3CCC2CC3)c1-c1nc2ccccc2[nH]1. The van der Waals surface area contributed by atoms with Crippen LogP contribution in [0.3, 0.4) is 0 Å². The summed E-state index contributed by atoms with van der Waals surface area (Å²) < 4.78 is 0. The topological polar surface area (TPSA) is 89.7 Å². The van der Waals surface area contributed by atoms with Gasteiger partial charge in [-0.25, -0.2) is 4.98 Å². The van der Waals surface area contributed by atoms with Crippen molar-refractivity contribution in [2.24, 2.45) is 5.92 Å². The molecular weight excluding hydrogens is 436 g/mol. The second-order valence-corrected chi connectivity index (χ2v) is 9.69. The van der Waals surface area contributed by atoms with E-state index in [2.05, 4.69) is 31.2 Å². The van der Waals surface area contributed by atoms with Gasteiger partial charge in [0, 0.05) is 30.4 Å². The lowest BCUT2D eigenvalue weighted by atomic mass is 9.83. The summed E-state index contributed by atoms with van der Waals surface area (Å²) >= 11 is 0. The summed E-state index contributed by atoms with van der Waals surface area (Å²) in [4.78, 5) is 31.5. The molecule has 0 unspecified atom stereocenters. The van der Waals surface area contributed by atoms with E-state index in [0.29, 0.717) is 23.3 Å². The van der Waals surface area contributed by atoms with Gasteiger partial charge in [-0.1, -0.05) is 18.2 Å². The first kappa shape index (κ1) is 20.4. The number of H-pyrrole nitrogens is 2. The first-order valence-electron chi connectivity index (χ1n) is 12.3. The fraction of sp³-hybridized carbons (Fsp3) is 0.250. The van der Waals surface area contributed by atoms with Gasteiger partial charge in [0.25, 0.3) is 5.56 Å². The minimum Gasteiger partial charge on any atom is -0.379 e. The van der Waals surface area contributed by atoms with Crippen LogP contribution >= 0.6 is 0 Å². The third-order valence-corrected chi connectivity index (χ3v) is 7.64. The molecule has 0 amide bonds. The van der Waals surface area contributed by atoms with E-state index < -0.39 is 0 Å². The van der Waals surface area contributed by atoms with Crippen LogP contribution in [0.4, 0.5) is 5.69 Å². The van der Waals surface area contributed by atoms with Gasteiger partial charge >= 0.3 is 0 Å². The predicted molar refractivity (Wildman–Crippen MR) is 139 cm³/mol. The second-order valence-electron chi connectivity index (χ2n) is 9.69. The van der Waals surface area contributed by atoms with Gasteiger partial charge in [0.15, 0.2) is 0 Å². The van der Waals surface area contributed by atoms with Crippen molar-refractivity contribution in [3.8, 4) is 22.5 Å². The number of fused-ring (bicyclic) bond motifs is 5. The van der Waals surface area contributed by atoms with Crippen molar-refractivity contribution in [2.75, 3.05) is 25.0 Å². The third kappa shape index (κ3) is 3.51. The van der Waals surface area contributed by atoms with E-state index in [0.717, 1.165) is 45.3 Å². The molecule has 8 rings (SSSR count). The summed E-state index contributed by atoms with van der Waals surface area (Å²) in [5, 5.41) is 4.84. The molecule has 1 atom stereocenters. The number of aromatic amines is 2. The number of benzene rings is 2. The van der Waals surface area contributed by atoms with Crippen LogP contribution in [0, 0.1) is 5.92 Å². The second kappa shape index (κ2) is 8.06. The molecular formula is C28H26N6O. The largest absolute Gasteiger partial charge is 0.379 e. The van der Waals surface area contributed by atoms with Crippen molar-refractivity contribution in [1.29, 1.82) is 0 Å². The molecule has 3 aliphatic rings. The van der Waals surface area contributed by atoms with E-state index in [-0.39, 0.29) is 5.56 Å². The number of hydrogen-bond donors (Lipinski definition) is 3. The maximum Gasteiger partial charge on any atom is 0.261 e. The van der Waals surface area contributed by atoms with Gasteiger partial charge in [0.1, 0.15) is 11.4 Å². The molecule has 3 saturated heterocycles. The average Bonchev–Trinajstić information content (AvgIpc) is 3.33. The molecule has 0 spiro atoms. The van der Waals surface area contributed by atoms with Gasteiger partial charge in [-0.3, -0.25) is 9.78 Å². The van der Waals surface area contributed by atoms with Gasteiger partial charge in [-0.15, -0.1) is 0 Å². The Balaban J connectivity index is 1.45. The Hall–Kier alpha value is -3.97. The first-order chi connectivity index (χ1) is 17.2. The van der Waals surface area contributed by atoms with Crippen LogP contribution in [-0.2, 0) is 0 Å². The molecule has 6 heterocycles. The number of nitrogens with one attached hydrogen (secondary N) is 3. The molecule has 2 bridgehead atoms. The minimum atomic E-state index is -0.142. The quantitative estimate of drug-likeness (QED) is 0.362. The number of para-hydroxylation sites is 2. The van der Waals surface area contributed by atoms with E-state index in [1.165, 1.54) is 25.9 Å². The monoisotopic (exact) mass is 462 g/mol. The van der Waals surface area contributed by atoms with Gasteiger partial charge in [-0.05, 0) is 79.4 Å². The summed E-state index contributed by atoms with van der Waals surface area (Å²) in [6, 6.07) is 18.4. The van der Waals surface area contributed by atoms with Crippen LogP contribution in [0.1, 0.15) is 12.8 Å². The normalized spacial score (nSPS) is 21.5. The number of hydrogen-bond acceptors (Lipinski definition) is 5. The van der Waals surface area contributed by atoms with E-state index in [4.69, 9.17) is 4.98 Å². The summed E-state index contributed by atoms with van der Waals surface area (Å²) in [7, 11) is 0. The molecule has 3 aliphatic heterocycles. The van der Waals surface area contributed by atoms with Gasteiger partial charge in [0.05, 0.1) is 22.2 Å². The van der Waals surface area contributed by atoms with Gasteiger partial charge in [-0.2, -0.15) is 0 Å². The zero-order valence-corrected chi connectivity index (χ0v) is 19.3. The van der Waals surface area contributed by atoms with Gasteiger partial charge < -0.3 is 20.2 Å². The fourth-order valence-electron chi connectivity index (χ4n) is 5.78. The molecule has 5 aromatic rings. The van der Waals surface area contributed by atoms with Crippen LogP contribution in [0.2, 0.25) is 0 Å². The van der Waals surface area contributed by atoms with Crippen molar-refractivity contribution in [3.05, 3.63) is 77.3 Å². The van der Waals surface area contributed by atoms with E-state index >= 15 is 0 Å². The maximum atomic E-state index is 13.5. The number of anilines is 1. The summed E-state index contributed by atoms with van der Waals surface area (Å²) in [6.45, 7) is 3.34. The summed E-state index contributed by atoms with van der Waals surface area (Å²) in [5.41, 5.74) is 6.04. The fourth-order valence-corrected chi connectivity index (χ4v) is 5.78. The van der Waals surface area contributed by atoms with E-state index in [9.17, 15) is 4.79 Å². The lowest BCUT2D eigenvalue weighted by Crippen LogP contribution is -2.53. The molecule has 35 heavy (non-hydrogen) atoms. The highest BCUT2D eigenvalue weighted by atomic mass is 16.1. The van der Waals surface area contributed by atoms with E-state index in [1.54, 1.807) is 12.4 Å². The molecule has 7 nitrogen and oxygen atoms in total. The Kier molecular flexibility index (Phi) is 4.70. The highest BCUT2D eigenvalue weighted by molar-refractivity contribution is 6.01. The Labute approximate surface area is 202 Å².